The number of hydrogen-bond donors (Lipinski definition) is 2. The number of aliphatic imine (C=N–C) groups is 1. The predicted molar refractivity (Wildman–Crippen MR) is 157 cm³/mol. The van der Waals surface area contributed by atoms with Crippen molar-refractivity contribution in [3.63, 3.8) is 0 Å². The van der Waals surface area contributed by atoms with Crippen molar-refractivity contribution in [1.29, 1.82) is 5.26 Å². The number of nitrogens with one attached hydrogen (secondary N) is 1. The van der Waals surface area contributed by atoms with Crippen molar-refractivity contribution in [1.82, 2.24) is 25.1 Å². The van der Waals surface area contributed by atoms with Gasteiger partial charge in [-0.1, -0.05) is 34.6 Å². The van der Waals surface area contributed by atoms with Crippen molar-refractivity contribution >= 4 is 16.9 Å². The van der Waals surface area contributed by atoms with Crippen molar-refractivity contribution in [3.8, 4) is 11.8 Å². The molecule has 1 saturated heterocycles. The van der Waals surface area contributed by atoms with Crippen molar-refractivity contribution in [2.45, 2.75) is 80.4 Å². The SMILES string of the molecule is CC.CC(=NC1CCNCC1)/C(=N\N)c1cc(OC(C)c2cc(C)cnn2)c2c(C#N)cnn2c1.CC(C)C. The number of nitriles is 1. The summed E-state index contributed by atoms with van der Waals surface area (Å²) in [5.74, 6) is 7.11. The normalized spacial score (nSPS) is 15.1. The van der Waals surface area contributed by atoms with Gasteiger partial charge in [0.25, 0.3) is 0 Å². The lowest BCUT2D eigenvalue weighted by Crippen LogP contribution is -2.31. The lowest BCUT2D eigenvalue weighted by molar-refractivity contribution is 0.222. The third-order valence-electron chi connectivity index (χ3n) is 5.66. The van der Waals surface area contributed by atoms with Gasteiger partial charge in [0, 0.05) is 11.8 Å². The Hall–Kier alpha value is -3.84. The van der Waals surface area contributed by atoms with Crippen molar-refractivity contribution < 1.29 is 4.74 Å². The number of nitrogens with two attached hydrogens (primary N) is 1. The first-order chi connectivity index (χ1) is 18.7. The minimum atomic E-state index is -0.402. The minimum absolute atomic E-state index is 0.234. The second-order valence-corrected chi connectivity index (χ2v) is 9.88. The Kier molecular flexibility index (Phi) is 12.5. The van der Waals surface area contributed by atoms with E-state index in [-0.39, 0.29) is 6.04 Å². The Morgan fingerprint density at radius 2 is 1.85 bits per heavy atom. The van der Waals surface area contributed by atoms with Crippen LogP contribution in [0.3, 0.4) is 0 Å². The first-order valence-electron chi connectivity index (χ1n) is 13.6. The minimum Gasteiger partial charge on any atom is -0.482 e. The summed E-state index contributed by atoms with van der Waals surface area (Å²) >= 11 is 0. The summed E-state index contributed by atoms with van der Waals surface area (Å²) in [5, 5.41) is 29.5. The lowest BCUT2D eigenvalue weighted by Gasteiger charge is -2.20. The second-order valence-electron chi connectivity index (χ2n) is 9.88. The first-order valence-corrected chi connectivity index (χ1v) is 13.6. The molecule has 10 nitrogen and oxygen atoms in total. The summed E-state index contributed by atoms with van der Waals surface area (Å²) in [5.41, 5.74) is 4.65. The van der Waals surface area contributed by atoms with Gasteiger partial charge in [-0.05, 0) is 70.3 Å². The van der Waals surface area contributed by atoms with Crippen LogP contribution < -0.4 is 15.9 Å². The average molecular weight is 534 g/mol. The maximum Gasteiger partial charge on any atom is 0.148 e. The molecule has 3 aromatic heterocycles. The molecule has 10 heteroatoms. The average Bonchev–Trinajstić information content (AvgIpc) is 3.34. The highest BCUT2D eigenvalue weighted by Gasteiger charge is 2.20. The highest BCUT2D eigenvalue weighted by molar-refractivity contribution is 6.47. The topological polar surface area (TPSA) is 139 Å². The zero-order chi connectivity index (χ0) is 28.9. The Morgan fingerprint density at radius 3 is 2.44 bits per heavy atom. The Bertz CT molecular complexity index is 1300. The van der Waals surface area contributed by atoms with Gasteiger partial charge in [0.15, 0.2) is 0 Å². The van der Waals surface area contributed by atoms with Crippen LogP contribution in [0.2, 0.25) is 0 Å². The number of ether oxygens (including phenoxy) is 1. The number of hydrogen-bond acceptors (Lipinski definition) is 9. The van der Waals surface area contributed by atoms with Gasteiger partial charge >= 0.3 is 0 Å². The summed E-state index contributed by atoms with van der Waals surface area (Å²) in [6, 6.07) is 6.15. The molecule has 1 aliphatic heterocycles. The standard InChI is InChI=1S/C23H27N9O.C4H10.C2H6/c1-14-8-20(31-27-11-14)16(3)33-21-9-17(13-32-23(21)18(10-24)12-28-32)22(30-25)15(2)29-19-4-6-26-7-5-19;1-4(2)3;1-2/h8-9,11-13,16,19,26H,4-7,25H2,1-3H3;4H,1-3H3;1-2H3/b29-15?,30-22+;;. The molecule has 1 unspecified atom stereocenters. The molecular weight excluding hydrogens is 490 g/mol. The third kappa shape index (κ3) is 8.86. The molecule has 0 aromatic carbocycles. The van der Waals surface area contributed by atoms with Gasteiger partial charge in [0.2, 0.25) is 0 Å². The third-order valence-corrected chi connectivity index (χ3v) is 5.66. The summed E-state index contributed by atoms with van der Waals surface area (Å²) in [4.78, 5) is 4.86. The van der Waals surface area contributed by atoms with E-state index in [1.165, 1.54) is 6.20 Å². The van der Waals surface area contributed by atoms with E-state index >= 15 is 0 Å². The van der Waals surface area contributed by atoms with Crippen LogP contribution in [-0.2, 0) is 0 Å². The van der Waals surface area contributed by atoms with Crippen molar-refractivity contribution in [2.75, 3.05) is 13.1 Å². The van der Waals surface area contributed by atoms with Gasteiger partial charge in [-0.2, -0.15) is 25.7 Å². The molecule has 210 valence electrons. The number of pyridine rings is 1. The molecule has 0 spiro atoms. The molecule has 1 fully saturated rings. The first kappa shape index (κ1) is 31.4. The fraction of sp³-hybridized carbons (Fsp3) is 0.517. The molecule has 0 bridgehead atoms. The van der Waals surface area contributed by atoms with Crippen molar-refractivity contribution in [3.05, 3.63) is 53.1 Å². The molecule has 0 aliphatic carbocycles. The van der Waals surface area contributed by atoms with Crippen LogP contribution in [-0.4, -0.2) is 50.4 Å². The molecular formula is C29H43N9O. The number of piperidine rings is 1. The highest BCUT2D eigenvalue weighted by Crippen LogP contribution is 2.29. The number of fused-ring (bicyclic) bond motifs is 1. The van der Waals surface area contributed by atoms with Crippen LogP contribution in [0.15, 0.2) is 40.8 Å². The van der Waals surface area contributed by atoms with Crippen LogP contribution in [0.1, 0.15) is 89.8 Å². The van der Waals surface area contributed by atoms with Gasteiger partial charge < -0.3 is 15.9 Å². The lowest BCUT2D eigenvalue weighted by atomic mass is 10.0. The van der Waals surface area contributed by atoms with E-state index in [1.807, 2.05) is 46.8 Å². The summed E-state index contributed by atoms with van der Waals surface area (Å²) < 4.78 is 7.89. The number of nitrogens with zero attached hydrogens (tertiary/aromatic N) is 7. The molecule has 1 aliphatic rings. The van der Waals surface area contributed by atoms with Crippen LogP contribution >= 0.6 is 0 Å². The van der Waals surface area contributed by atoms with E-state index in [4.69, 9.17) is 15.6 Å². The molecule has 39 heavy (non-hydrogen) atoms. The van der Waals surface area contributed by atoms with Crippen LogP contribution in [0, 0.1) is 24.2 Å². The van der Waals surface area contributed by atoms with Gasteiger partial charge in [-0.3, -0.25) is 4.99 Å². The summed E-state index contributed by atoms with van der Waals surface area (Å²) in [6.45, 7) is 18.1. The maximum absolute atomic E-state index is 9.58. The molecule has 0 radical (unpaired) electrons. The van der Waals surface area contributed by atoms with E-state index in [1.54, 1.807) is 16.9 Å². The Balaban J connectivity index is 0.000000815. The second kappa shape index (κ2) is 15.5. The molecule has 4 heterocycles. The Labute approximate surface area is 232 Å². The molecule has 0 amide bonds. The highest BCUT2D eigenvalue weighted by atomic mass is 16.5. The van der Waals surface area contributed by atoms with Gasteiger partial charge in [0.05, 0.1) is 24.1 Å². The largest absolute Gasteiger partial charge is 0.482 e. The molecule has 3 N–H and O–H groups in total. The number of aromatic nitrogens is 4. The van der Waals surface area contributed by atoms with Gasteiger partial charge in [-0.15, -0.1) is 0 Å². The zero-order valence-corrected chi connectivity index (χ0v) is 24.6. The quantitative estimate of drug-likeness (QED) is 0.258. The van der Waals surface area contributed by atoms with Gasteiger partial charge in [-0.25, -0.2) is 4.52 Å². The predicted octanol–water partition coefficient (Wildman–Crippen LogP) is 5.01. The number of rotatable bonds is 6. The molecule has 1 atom stereocenters. The fourth-order valence-corrected chi connectivity index (χ4v) is 3.97. The molecule has 0 saturated carbocycles. The Morgan fingerprint density at radius 1 is 1.18 bits per heavy atom. The van der Waals surface area contributed by atoms with E-state index in [2.05, 4.69) is 52.6 Å². The summed E-state index contributed by atoms with van der Waals surface area (Å²) in [7, 11) is 0. The number of aryl methyl sites for hydroxylation is 1. The number of hydrazone groups is 1. The van der Waals surface area contributed by atoms with Crippen LogP contribution in [0.5, 0.6) is 5.75 Å². The van der Waals surface area contributed by atoms with Crippen molar-refractivity contribution in [2.24, 2.45) is 21.9 Å². The van der Waals surface area contributed by atoms with Crippen LogP contribution in [0.25, 0.3) is 5.52 Å². The van der Waals surface area contributed by atoms with E-state index in [9.17, 15) is 5.26 Å². The van der Waals surface area contributed by atoms with E-state index in [0.29, 0.717) is 33.8 Å². The van der Waals surface area contributed by atoms with Gasteiger partial charge in [0.1, 0.15) is 40.4 Å². The maximum atomic E-state index is 9.58. The fourth-order valence-electron chi connectivity index (χ4n) is 3.97. The zero-order valence-electron chi connectivity index (χ0n) is 24.6. The van der Waals surface area contributed by atoms with E-state index in [0.717, 1.165) is 43.1 Å². The monoisotopic (exact) mass is 533 g/mol. The summed E-state index contributed by atoms with van der Waals surface area (Å²) in [6.07, 6.45) is 6.53. The smallest absolute Gasteiger partial charge is 0.148 e. The molecule has 4 rings (SSSR count). The molecule has 3 aromatic rings. The van der Waals surface area contributed by atoms with E-state index < -0.39 is 6.10 Å². The van der Waals surface area contributed by atoms with Crippen LogP contribution in [0.4, 0.5) is 0 Å².